The van der Waals surface area contributed by atoms with Gasteiger partial charge >= 0.3 is 5.13 Å². The Labute approximate surface area is 98.3 Å². The van der Waals surface area contributed by atoms with Crippen LogP contribution in [0.2, 0.25) is 0 Å². The molecule has 0 aliphatic heterocycles. The van der Waals surface area contributed by atoms with Crippen molar-refractivity contribution in [3.63, 3.8) is 0 Å². The number of thiazole rings is 1. The number of aromatic nitrogens is 1. The van der Waals surface area contributed by atoms with E-state index >= 15 is 0 Å². The van der Waals surface area contributed by atoms with Crippen molar-refractivity contribution >= 4 is 27.8 Å². The molecule has 1 aromatic carbocycles. The first-order chi connectivity index (χ1) is 7.79. The third kappa shape index (κ3) is 2.43. The SMILES string of the molecule is CNc1ccc(N=Nc2scc[n+]2C)cc1. The highest BCUT2D eigenvalue weighted by molar-refractivity contribution is 7.12. The second kappa shape index (κ2) is 4.85. The molecule has 0 atom stereocenters. The van der Waals surface area contributed by atoms with Gasteiger partial charge in [0.15, 0.2) is 0 Å². The van der Waals surface area contributed by atoms with Gasteiger partial charge in [-0.1, -0.05) is 0 Å². The van der Waals surface area contributed by atoms with Crippen LogP contribution in [0.1, 0.15) is 0 Å². The molecule has 1 aromatic heterocycles. The first kappa shape index (κ1) is 10.8. The van der Waals surface area contributed by atoms with E-state index in [1.54, 1.807) is 11.3 Å². The molecule has 0 aliphatic carbocycles. The summed E-state index contributed by atoms with van der Waals surface area (Å²) in [6, 6.07) is 7.82. The van der Waals surface area contributed by atoms with E-state index in [2.05, 4.69) is 15.5 Å². The molecule has 0 unspecified atom stereocenters. The number of nitrogens with zero attached hydrogens (tertiary/aromatic N) is 3. The summed E-state index contributed by atoms with van der Waals surface area (Å²) in [5.41, 5.74) is 1.92. The van der Waals surface area contributed by atoms with Crippen LogP contribution >= 0.6 is 11.3 Å². The third-order valence-electron chi connectivity index (χ3n) is 2.17. The van der Waals surface area contributed by atoms with Crippen molar-refractivity contribution in [2.45, 2.75) is 0 Å². The lowest BCUT2D eigenvalue weighted by molar-refractivity contribution is -0.654. The number of benzene rings is 1. The zero-order valence-corrected chi connectivity index (χ0v) is 10.0. The van der Waals surface area contributed by atoms with Gasteiger partial charge in [0.25, 0.3) is 0 Å². The lowest BCUT2D eigenvalue weighted by Gasteiger charge is -1.96. The van der Waals surface area contributed by atoms with Crippen LogP contribution in [0.3, 0.4) is 0 Å². The summed E-state index contributed by atoms with van der Waals surface area (Å²) in [6.45, 7) is 0. The predicted molar refractivity (Wildman–Crippen MR) is 65.7 cm³/mol. The Morgan fingerprint density at radius 2 is 1.94 bits per heavy atom. The minimum absolute atomic E-state index is 0.854. The predicted octanol–water partition coefficient (Wildman–Crippen LogP) is 3.03. The Morgan fingerprint density at radius 1 is 1.19 bits per heavy atom. The largest absolute Gasteiger partial charge is 0.408 e. The number of azo groups is 1. The summed E-state index contributed by atoms with van der Waals surface area (Å²) in [6.07, 6.45) is 1.96. The van der Waals surface area contributed by atoms with Gasteiger partial charge in [0, 0.05) is 18.1 Å². The van der Waals surface area contributed by atoms with E-state index < -0.39 is 0 Å². The molecule has 82 valence electrons. The molecule has 2 rings (SSSR count). The van der Waals surface area contributed by atoms with Crippen molar-refractivity contribution in [2.24, 2.45) is 17.3 Å². The zero-order chi connectivity index (χ0) is 11.4. The van der Waals surface area contributed by atoms with Crippen LogP contribution in [0.4, 0.5) is 16.5 Å². The number of hydrogen-bond donors (Lipinski definition) is 1. The summed E-state index contributed by atoms with van der Waals surface area (Å²) in [5.74, 6) is 0. The van der Waals surface area contributed by atoms with E-state index in [1.165, 1.54) is 0 Å². The van der Waals surface area contributed by atoms with Crippen LogP contribution < -0.4 is 9.88 Å². The minimum Gasteiger partial charge on any atom is -0.388 e. The Bertz CT molecular complexity index is 487. The van der Waals surface area contributed by atoms with Crippen LogP contribution in [0.5, 0.6) is 0 Å². The maximum atomic E-state index is 4.18. The molecule has 0 saturated carbocycles. The van der Waals surface area contributed by atoms with Crippen molar-refractivity contribution in [3.05, 3.63) is 35.8 Å². The van der Waals surface area contributed by atoms with Gasteiger partial charge in [0.1, 0.15) is 11.9 Å². The van der Waals surface area contributed by atoms with Gasteiger partial charge in [0.05, 0.1) is 12.2 Å². The molecular formula is C11H13N4S+. The highest BCUT2D eigenvalue weighted by atomic mass is 32.1. The van der Waals surface area contributed by atoms with Crippen molar-refractivity contribution in [3.8, 4) is 0 Å². The summed E-state index contributed by atoms with van der Waals surface area (Å²) < 4.78 is 1.94. The van der Waals surface area contributed by atoms with E-state index in [1.807, 2.05) is 54.5 Å². The quantitative estimate of drug-likeness (QED) is 0.642. The number of rotatable bonds is 3. The molecular weight excluding hydrogens is 220 g/mol. The van der Waals surface area contributed by atoms with Gasteiger partial charge in [-0.25, -0.2) is 4.57 Å². The van der Waals surface area contributed by atoms with Crippen LogP contribution in [0.15, 0.2) is 46.1 Å². The van der Waals surface area contributed by atoms with Crippen LogP contribution in [-0.2, 0) is 7.05 Å². The van der Waals surface area contributed by atoms with Crippen molar-refractivity contribution in [2.75, 3.05) is 12.4 Å². The molecule has 0 amide bonds. The van der Waals surface area contributed by atoms with E-state index in [9.17, 15) is 0 Å². The lowest BCUT2D eigenvalue weighted by atomic mass is 10.3. The van der Waals surface area contributed by atoms with E-state index in [-0.39, 0.29) is 0 Å². The van der Waals surface area contributed by atoms with E-state index in [0.29, 0.717) is 0 Å². The molecule has 0 aliphatic rings. The standard InChI is InChI=1S/C11H12N4S/c1-12-9-3-5-10(6-4-9)13-14-11-15(2)7-8-16-11/h3-8H,1-2H3/p+1. The first-order valence-corrected chi connectivity index (χ1v) is 5.80. The van der Waals surface area contributed by atoms with E-state index in [0.717, 1.165) is 16.5 Å². The lowest BCUT2D eigenvalue weighted by Crippen LogP contribution is -2.23. The smallest absolute Gasteiger partial charge is 0.388 e. The fraction of sp³-hybridized carbons (Fsp3) is 0.182. The van der Waals surface area contributed by atoms with Crippen molar-refractivity contribution in [1.29, 1.82) is 0 Å². The summed E-state index contributed by atoms with van der Waals surface area (Å²) in [4.78, 5) is 0. The Kier molecular flexibility index (Phi) is 3.26. The van der Waals surface area contributed by atoms with Crippen LogP contribution in [0, 0.1) is 0 Å². The molecule has 5 heteroatoms. The average molecular weight is 233 g/mol. The van der Waals surface area contributed by atoms with Gasteiger partial charge < -0.3 is 5.32 Å². The maximum absolute atomic E-state index is 4.18. The fourth-order valence-corrected chi connectivity index (χ4v) is 1.90. The molecule has 16 heavy (non-hydrogen) atoms. The third-order valence-corrected chi connectivity index (χ3v) is 3.00. The van der Waals surface area contributed by atoms with Crippen LogP contribution in [0.25, 0.3) is 0 Å². The molecule has 0 radical (unpaired) electrons. The van der Waals surface area contributed by atoms with Crippen LogP contribution in [-0.4, -0.2) is 7.05 Å². The topological polar surface area (TPSA) is 40.6 Å². The fourth-order valence-electron chi connectivity index (χ4n) is 1.22. The molecule has 1 N–H and O–H groups in total. The Hall–Kier alpha value is -1.75. The number of anilines is 1. The molecule has 0 saturated heterocycles. The highest BCUT2D eigenvalue weighted by Crippen LogP contribution is 2.20. The molecule has 4 nitrogen and oxygen atoms in total. The highest BCUT2D eigenvalue weighted by Gasteiger charge is 2.06. The minimum atomic E-state index is 0.854. The summed E-state index contributed by atoms with van der Waals surface area (Å²) in [5, 5.41) is 14.3. The zero-order valence-electron chi connectivity index (χ0n) is 9.21. The average Bonchev–Trinajstić information content (AvgIpc) is 2.73. The van der Waals surface area contributed by atoms with Gasteiger partial charge in [-0.2, -0.15) is 0 Å². The number of aryl methyl sites for hydroxylation is 1. The van der Waals surface area contributed by atoms with Crippen molar-refractivity contribution in [1.82, 2.24) is 0 Å². The Balaban J connectivity index is 2.14. The van der Waals surface area contributed by atoms with Gasteiger partial charge in [0.2, 0.25) is 0 Å². The number of nitrogens with one attached hydrogen (secondary N) is 1. The molecule has 1 heterocycles. The summed E-state index contributed by atoms with van der Waals surface area (Å²) >= 11 is 1.57. The van der Waals surface area contributed by atoms with Crippen molar-refractivity contribution < 1.29 is 4.57 Å². The molecule has 0 fully saturated rings. The second-order valence-corrected chi connectivity index (χ2v) is 4.17. The van der Waals surface area contributed by atoms with E-state index in [4.69, 9.17) is 0 Å². The number of hydrogen-bond acceptors (Lipinski definition) is 4. The normalized spacial score (nSPS) is 10.9. The summed E-state index contributed by atoms with van der Waals surface area (Å²) in [7, 11) is 3.84. The Morgan fingerprint density at radius 3 is 2.50 bits per heavy atom. The second-order valence-electron chi connectivity index (χ2n) is 3.29. The monoisotopic (exact) mass is 233 g/mol. The molecule has 2 aromatic rings. The van der Waals surface area contributed by atoms with Gasteiger partial charge in [-0.3, -0.25) is 0 Å². The first-order valence-electron chi connectivity index (χ1n) is 4.92. The maximum Gasteiger partial charge on any atom is 0.408 e. The molecule has 0 bridgehead atoms. The molecule has 0 spiro atoms. The van der Waals surface area contributed by atoms with Gasteiger partial charge in [-0.05, 0) is 40.7 Å². The van der Waals surface area contributed by atoms with Gasteiger partial charge in [-0.15, -0.1) is 0 Å².